The Morgan fingerprint density at radius 2 is 1.61 bits per heavy atom. The molecule has 0 saturated heterocycles. The van der Waals surface area contributed by atoms with Gasteiger partial charge in [0.2, 0.25) is 0 Å². The molecular weight excluding hydrogens is 316 g/mol. The Hall–Kier alpha value is -2.40. The minimum absolute atomic E-state index is 0.362. The fraction of sp³-hybridized carbons (Fsp3) is 0.235. The van der Waals surface area contributed by atoms with E-state index in [4.69, 9.17) is 21.1 Å². The van der Waals surface area contributed by atoms with Crippen LogP contribution < -0.4 is 20.1 Å². The summed E-state index contributed by atoms with van der Waals surface area (Å²) in [4.78, 5) is 12.0. The van der Waals surface area contributed by atoms with Crippen molar-refractivity contribution >= 4 is 29.0 Å². The van der Waals surface area contributed by atoms with Gasteiger partial charge in [-0.15, -0.1) is 0 Å². The van der Waals surface area contributed by atoms with Crippen molar-refractivity contribution in [2.75, 3.05) is 23.8 Å². The van der Waals surface area contributed by atoms with Gasteiger partial charge in [-0.2, -0.15) is 0 Å². The number of amides is 2. The first kappa shape index (κ1) is 17.0. The molecule has 0 saturated carbocycles. The Balaban J connectivity index is 2.06. The molecule has 0 fully saturated rings. The third kappa shape index (κ3) is 5.07. The number of rotatable bonds is 6. The fourth-order valence-electron chi connectivity index (χ4n) is 1.99. The van der Waals surface area contributed by atoms with Crippen molar-refractivity contribution in [3.8, 4) is 11.5 Å². The monoisotopic (exact) mass is 334 g/mol. The van der Waals surface area contributed by atoms with Crippen LogP contribution in [0, 0.1) is 0 Å². The summed E-state index contributed by atoms with van der Waals surface area (Å²) in [5.74, 6) is 1.24. The number of hydrogen-bond donors (Lipinski definition) is 2. The van der Waals surface area contributed by atoms with E-state index in [0.717, 1.165) is 0 Å². The molecule has 0 aromatic heterocycles. The van der Waals surface area contributed by atoms with E-state index in [0.29, 0.717) is 41.1 Å². The molecule has 0 aliphatic carbocycles. The topological polar surface area (TPSA) is 59.6 Å². The van der Waals surface area contributed by atoms with Crippen molar-refractivity contribution in [1.82, 2.24) is 0 Å². The van der Waals surface area contributed by atoms with Gasteiger partial charge in [-0.3, -0.25) is 0 Å². The zero-order valence-corrected chi connectivity index (χ0v) is 13.8. The second-order valence-electron chi connectivity index (χ2n) is 4.62. The van der Waals surface area contributed by atoms with Gasteiger partial charge in [-0.05, 0) is 44.2 Å². The highest BCUT2D eigenvalue weighted by molar-refractivity contribution is 6.30. The molecule has 0 bridgehead atoms. The van der Waals surface area contributed by atoms with E-state index in [9.17, 15) is 4.79 Å². The molecule has 0 aliphatic heterocycles. The molecule has 122 valence electrons. The van der Waals surface area contributed by atoms with Crippen LogP contribution in [-0.4, -0.2) is 19.2 Å². The van der Waals surface area contributed by atoms with Crippen molar-refractivity contribution in [1.29, 1.82) is 0 Å². The Labute approximate surface area is 140 Å². The maximum absolute atomic E-state index is 12.0. The lowest BCUT2D eigenvalue weighted by Crippen LogP contribution is -2.19. The SMILES string of the molecule is CCOc1ccc(NC(=O)Nc2cccc(Cl)c2)cc1OCC. The lowest BCUT2D eigenvalue weighted by atomic mass is 10.2. The van der Waals surface area contributed by atoms with E-state index in [1.54, 1.807) is 42.5 Å². The van der Waals surface area contributed by atoms with Crippen LogP contribution in [-0.2, 0) is 0 Å². The first-order valence-electron chi connectivity index (χ1n) is 7.35. The number of ether oxygens (including phenoxy) is 2. The van der Waals surface area contributed by atoms with Gasteiger partial charge in [0.15, 0.2) is 11.5 Å². The summed E-state index contributed by atoms with van der Waals surface area (Å²) in [6.07, 6.45) is 0. The standard InChI is InChI=1S/C17H19ClN2O3/c1-3-22-15-9-8-14(11-16(15)23-4-2)20-17(21)19-13-7-5-6-12(18)10-13/h5-11H,3-4H2,1-2H3,(H2,19,20,21). The molecule has 5 nitrogen and oxygen atoms in total. The number of urea groups is 1. The average molecular weight is 335 g/mol. The number of halogens is 1. The van der Waals surface area contributed by atoms with Crippen molar-refractivity contribution in [2.24, 2.45) is 0 Å². The lowest BCUT2D eigenvalue weighted by Gasteiger charge is -2.13. The van der Waals surface area contributed by atoms with Crippen LogP contribution in [0.5, 0.6) is 11.5 Å². The molecule has 23 heavy (non-hydrogen) atoms. The maximum Gasteiger partial charge on any atom is 0.323 e. The number of hydrogen-bond acceptors (Lipinski definition) is 3. The van der Waals surface area contributed by atoms with Crippen LogP contribution in [0.2, 0.25) is 5.02 Å². The third-order valence-electron chi connectivity index (χ3n) is 2.88. The summed E-state index contributed by atoms with van der Waals surface area (Å²) < 4.78 is 11.0. The predicted octanol–water partition coefficient (Wildman–Crippen LogP) is 4.78. The van der Waals surface area contributed by atoms with E-state index >= 15 is 0 Å². The number of benzene rings is 2. The molecule has 2 N–H and O–H groups in total. The zero-order valence-electron chi connectivity index (χ0n) is 13.1. The van der Waals surface area contributed by atoms with Crippen molar-refractivity contribution in [3.63, 3.8) is 0 Å². The second kappa shape index (κ2) is 8.29. The fourth-order valence-corrected chi connectivity index (χ4v) is 2.18. The number of carbonyl (C=O) groups is 1. The summed E-state index contributed by atoms with van der Waals surface area (Å²) in [6.45, 7) is 4.85. The summed E-state index contributed by atoms with van der Waals surface area (Å²) in [5, 5.41) is 6.02. The van der Waals surface area contributed by atoms with Crippen LogP contribution in [0.15, 0.2) is 42.5 Å². The molecule has 2 amide bonds. The first-order chi connectivity index (χ1) is 11.1. The molecule has 2 aromatic rings. The highest BCUT2D eigenvalue weighted by Gasteiger charge is 2.08. The average Bonchev–Trinajstić information content (AvgIpc) is 2.50. The van der Waals surface area contributed by atoms with Gasteiger partial charge < -0.3 is 20.1 Å². The predicted molar refractivity (Wildman–Crippen MR) is 92.9 cm³/mol. The number of nitrogens with one attached hydrogen (secondary N) is 2. The van der Waals surface area contributed by atoms with Gasteiger partial charge in [-0.25, -0.2) is 4.79 Å². The molecule has 0 aliphatic rings. The van der Waals surface area contributed by atoms with Crippen LogP contribution in [0.4, 0.5) is 16.2 Å². The summed E-state index contributed by atoms with van der Waals surface area (Å²) >= 11 is 5.89. The number of anilines is 2. The van der Waals surface area contributed by atoms with Crippen LogP contribution in [0.25, 0.3) is 0 Å². The number of carbonyl (C=O) groups excluding carboxylic acids is 1. The Bertz CT molecular complexity index is 677. The first-order valence-corrected chi connectivity index (χ1v) is 7.73. The van der Waals surface area contributed by atoms with E-state index in [1.165, 1.54) is 0 Å². The molecule has 2 rings (SSSR count). The van der Waals surface area contributed by atoms with Crippen molar-refractivity contribution in [2.45, 2.75) is 13.8 Å². The van der Waals surface area contributed by atoms with E-state index in [1.807, 2.05) is 13.8 Å². The summed E-state index contributed by atoms with van der Waals surface area (Å²) in [6, 6.07) is 11.8. The molecule has 6 heteroatoms. The van der Waals surface area contributed by atoms with Gasteiger partial charge in [0, 0.05) is 22.5 Å². The van der Waals surface area contributed by atoms with Crippen LogP contribution in [0.1, 0.15) is 13.8 Å². The summed E-state index contributed by atoms with van der Waals surface area (Å²) in [7, 11) is 0. The third-order valence-corrected chi connectivity index (χ3v) is 3.12. The highest BCUT2D eigenvalue weighted by Crippen LogP contribution is 2.30. The van der Waals surface area contributed by atoms with Gasteiger partial charge in [-0.1, -0.05) is 17.7 Å². The maximum atomic E-state index is 12.0. The molecular formula is C17H19ClN2O3. The molecule has 2 aromatic carbocycles. The quantitative estimate of drug-likeness (QED) is 0.799. The molecule has 0 atom stereocenters. The molecule has 0 radical (unpaired) electrons. The smallest absolute Gasteiger partial charge is 0.323 e. The van der Waals surface area contributed by atoms with E-state index in [2.05, 4.69) is 10.6 Å². The normalized spacial score (nSPS) is 10.0. The largest absolute Gasteiger partial charge is 0.490 e. The Morgan fingerprint density at radius 1 is 0.957 bits per heavy atom. The zero-order chi connectivity index (χ0) is 16.7. The van der Waals surface area contributed by atoms with Crippen LogP contribution >= 0.6 is 11.6 Å². The van der Waals surface area contributed by atoms with Gasteiger partial charge in [0.25, 0.3) is 0 Å². The van der Waals surface area contributed by atoms with Gasteiger partial charge in [0.05, 0.1) is 13.2 Å². The van der Waals surface area contributed by atoms with E-state index < -0.39 is 0 Å². The van der Waals surface area contributed by atoms with Gasteiger partial charge in [0.1, 0.15) is 0 Å². The Kier molecular flexibility index (Phi) is 6.11. The van der Waals surface area contributed by atoms with Crippen molar-refractivity contribution in [3.05, 3.63) is 47.5 Å². The van der Waals surface area contributed by atoms with E-state index in [-0.39, 0.29) is 6.03 Å². The second-order valence-corrected chi connectivity index (χ2v) is 5.05. The highest BCUT2D eigenvalue weighted by atomic mass is 35.5. The molecule has 0 spiro atoms. The Morgan fingerprint density at radius 3 is 2.26 bits per heavy atom. The van der Waals surface area contributed by atoms with Crippen LogP contribution in [0.3, 0.4) is 0 Å². The summed E-state index contributed by atoms with van der Waals surface area (Å²) in [5.41, 5.74) is 1.22. The molecule has 0 heterocycles. The minimum Gasteiger partial charge on any atom is -0.490 e. The van der Waals surface area contributed by atoms with Crippen molar-refractivity contribution < 1.29 is 14.3 Å². The molecule has 0 unspecified atom stereocenters. The minimum atomic E-state index is -0.362. The lowest BCUT2D eigenvalue weighted by molar-refractivity contribution is 0.262. The van der Waals surface area contributed by atoms with Gasteiger partial charge >= 0.3 is 6.03 Å².